The van der Waals surface area contributed by atoms with Gasteiger partial charge in [0.1, 0.15) is 23.7 Å². The molecule has 0 spiro atoms. The van der Waals surface area contributed by atoms with E-state index in [2.05, 4.69) is 10.0 Å². The molecule has 0 saturated carbocycles. The maximum atomic E-state index is 9.61. The van der Waals surface area contributed by atoms with Crippen LogP contribution in [0.2, 0.25) is 0 Å². The molecule has 1 fully saturated rings. The number of azide groups is 1. The summed E-state index contributed by atoms with van der Waals surface area (Å²) in [5, 5.41) is 4.21. The average Bonchev–Trinajstić information content (AvgIpc) is 3.03. The van der Waals surface area contributed by atoms with Crippen LogP contribution in [0.5, 0.6) is 0 Å². The van der Waals surface area contributed by atoms with Crippen LogP contribution in [-0.2, 0) is 38.8 Å². The van der Waals surface area contributed by atoms with Crippen LogP contribution in [0.15, 0.2) is 131 Å². The number of thioether (sulfide) groups is 1. The molecule has 5 rings (SSSR count). The predicted molar refractivity (Wildman–Crippen MR) is 160 cm³/mol. The monoisotopic (exact) mass is 567 g/mol. The van der Waals surface area contributed by atoms with Gasteiger partial charge in [-0.1, -0.05) is 126 Å². The topological polar surface area (TPSA) is 85.7 Å². The number of rotatable bonds is 13. The summed E-state index contributed by atoms with van der Waals surface area (Å²) in [4.78, 5) is 4.21. The van der Waals surface area contributed by atoms with Gasteiger partial charge in [-0.3, -0.25) is 0 Å². The highest BCUT2D eigenvalue weighted by atomic mass is 32.2. The van der Waals surface area contributed by atoms with Crippen LogP contribution >= 0.6 is 11.8 Å². The fraction of sp³-hybridized carbons (Fsp3) is 0.273. The molecule has 0 aliphatic carbocycles. The van der Waals surface area contributed by atoms with Crippen molar-refractivity contribution in [2.45, 2.75) is 54.5 Å². The molecule has 1 aliphatic heterocycles. The summed E-state index contributed by atoms with van der Waals surface area (Å²) < 4.78 is 25.9. The van der Waals surface area contributed by atoms with Gasteiger partial charge in [-0.15, -0.1) is 0 Å². The number of benzene rings is 4. The third-order valence-electron chi connectivity index (χ3n) is 6.76. The SMILES string of the molecule is [N-]=[N+]=N[C@@H]1[C@@H](OCc2ccccc2)[C@H](OCc2ccccc2)[C@@H](COCc2ccccc2)O[C@H]1Sc1ccccc1. The number of hydrogen-bond donors (Lipinski definition) is 0. The Labute approximate surface area is 245 Å². The molecule has 1 saturated heterocycles. The standard InChI is InChI=1S/C33H33N3O4S/c34-36-35-30-32(39-23-27-17-9-3-10-18-27)31(38-22-26-15-7-2-8-16-26)29(24-37-21-25-13-5-1-6-14-25)40-33(30)41-28-19-11-4-12-20-28/h1-20,29-33H,21-24H2/t29-,30-,31-,32-,33+/m1/s1. The van der Waals surface area contributed by atoms with Crippen molar-refractivity contribution in [2.24, 2.45) is 5.11 Å². The molecule has 7 nitrogen and oxygen atoms in total. The van der Waals surface area contributed by atoms with Crippen molar-refractivity contribution >= 4 is 11.8 Å². The zero-order valence-corrected chi connectivity index (χ0v) is 23.5. The minimum atomic E-state index is -0.639. The lowest BCUT2D eigenvalue weighted by molar-refractivity contribution is -0.211. The van der Waals surface area contributed by atoms with E-state index in [4.69, 9.17) is 18.9 Å². The maximum Gasteiger partial charge on any atom is 0.119 e. The predicted octanol–water partition coefficient (Wildman–Crippen LogP) is 7.57. The van der Waals surface area contributed by atoms with E-state index in [1.165, 1.54) is 11.8 Å². The van der Waals surface area contributed by atoms with Crippen LogP contribution in [0, 0.1) is 0 Å². The largest absolute Gasteiger partial charge is 0.374 e. The molecule has 210 valence electrons. The van der Waals surface area contributed by atoms with E-state index in [0.29, 0.717) is 19.8 Å². The van der Waals surface area contributed by atoms with Gasteiger partial charge in [-0.05, 0) is 34.4 Å². The zero-order valence-electron chi connectivity index (χ0n) is 22.6. The highest BCUT2D eigenvalue weighted by Gasteiger charge is 2.47. The first-order chi connectivity index (χ1) is 20.3. The first-order valence-corrected chi connectivity index (χ1v) is 14.5. The molecular formula is C33H33N3O4S. The smallest absolute Gasteiger partial charge is 0.119 e. The summed E-state index contributed by atoms with van der Waals surface area (Å²) in [6.45, 7) is 1.43. The van der Waals surface area contributed by atoms with Crippen LogP contribution in [0.4, 0.5) is 0 Å². The van der Waals surface area contributed by atoms with Gasteiger partial charge < -0.3 is 18.9 Å². The Morgan fingerprint density at radius 1 is 0.659 bits per heavy atom. The van der Waals surface area contributed by atoms with Gasteiger partial charge in [0, 0.05) is 9.81 Å². The quantitative estimate of drug-likeness (QED) is 0.0945. The Kier molecular flexibility index (Phi) is 10.9. The van der Waals surface area contributed by atoms with E-state index in [9.17, 15) is 5.53 Å². The van der Waals surface area contributed by atoms with E-state index in [1.807, 2.05) is 121 Å². The zero-order chi connectivity index (χ0) is 28.1. The van der Waals surface area contributed by atoms with Gasteiger partial charge in [0.2, 0.25) is 0 Å². The fourth-order valence-electron chi connectivity index (χ4n) is 4.73. The van der Waals surface area contributed by atoms with Crippen molar-refractivity contribution in [2.75, 3.05) is 6.61 Å². The van der Waals surface area contributed by atoms with Crippen LogP contribution in [0.1, 0.15) is 16.7 Å². The van der Waals surface area contributed by atoms with Gasteiger partial charge in [0.05, 0.1) is 32.5 Å². The summed E-state index contributed by atoms with van der Waals surface area (Å²) in [5.74, 6) is 0. The maximum absolute atomic E-state index is 9.61. The number of hydrogen-bond acceptors (Lipinski definition) is 6. The molecular weight excluding hydrogens is 534 g/mol. The number of ether oxygens (including phenoxy) is 4. The molecule has 0 bridgehead atoms. The summed E-state index contributed by atoms with van der Waals surface area (Å²) in [7, 11) is 0. The lowest BCUT2D eigenvalue weighted by Crippen LogP contribution is -2.58. The molecule has 4 aromatic rings. The van der Waals surface area contributed by atoms with Gasteiger partial charge >= 0.3 is 0 Å². The molecule has 1 aliphatic rings. The van der Waals surface area contributed by atoms with Crippen molar-refractivity contribution < 1.29 is 18.9 Å². The second kappa shape index (κ2) is 15.4. The first-order valence-electron chi connectivity index (χ1n) is 13.6. The van der Waals surface area contributed by atoms with Crippen LogP contribution in [0.3, 0.4) is 0 Å². The van der Waals surface area contributed by atoms with E-state index in [0.717, 1.165) is 21.6 Å². The Balaban J connectivity index is 1.43. The third-order valence-corrected chi connectivity index (χ3v) is 7.93. The van der Waals surface area contributed by atoms with Gasteiger partial charge in [-0.2, -0.15) is 0 Å². The normalized spacial score (nSPS) is 22.1. The Bertz CT molecular complexity index is 1360. The molecule has 0 N–H and O–H groups in total. The summed E-state index contributed by atoms with van der Waals surface area (Å²) in [6.07, 6.45) is -1.58. The van der Waals surface area contributed by atoms with Gasteiger partial charge in [-0.25, -0.2) is 0 Å². The highest BCUT2D eigenvalue weighted by molar-refractivity contribution is 7.99. The highest BCUT2D eigenvalue weighted by Crippen LogP contribution is 2.38. The summed E-state index contributed by atoms with van der Waals surface area (Å²) >= 11 is 1.51. The molecule has 0 unspecified atom stereocenters. The molecule has 4 aromatic carbocycles. The van der Waals surface area contributed by atoms with Crippen molar-refractivity contribution in [3.8, 4) is 0 Å². The molecule has 1 heterocycles. The Morgan fingerprint density at radius 3 is 1.68 bits per heavy atom. The first kappa shape index (κ1) is 28.9. The fourth-order valence-corrected chi connectivity index (χ4v) is 5.86. The Morgan fingerprint density at radius 2 is 1.15 bits per heavy atom. The van der Waals surface area contributed by atoms with E-state index < -0.39 is 29.8 Å². The van der Waals surface area contributed by atoms with Crippen LogP contribution in [0.25, 0.3) is 10.4 Å². The molecule has 0 amide bonds. The molecule has 0 aromatic heterocycles. The minimum absolute atomic E-state index is 0.286. The van der Waals surface area contributed by atoms with Crippen molar-refractivity contribution in [3.05, 3.63) is 148 Å². The second-order valence-corrected chi connectivity index (χ2v) is 10.9. The number of nitrogens with zero attached hydrogens (tertiary/aromatic N) is 3. The van der Waals surface area contributed by atoms with Gasteiger partial charge in [0.15, 0.2) is 0 Å². The lowest BCUT2D eigenvalue weighted by atomic mass is 9.97. The summed E-state index contributed by atoms with van der Waals surface area (Å²) in [6, 6.07) is 39.3. The minimum Gasteiger partial charge on any atom is -0.374 e. The summed E-state index contributed by atoms with van der Waals surface area (Å²) in [5.41, 5.74) is 12.2. The Hall–Kier alpha value is -3.62. The van der Waals surface area contributed by atoms with E-state index in [1.54, 1.807) is 0 Å². The van der Waals surface area contributed by atoms with E-state index >= 15 is 0 Å². The molecule has 41 heavy (non-hydrogen) atoms. The van der Waals surface area contributed by atoms with Crippen LogP contribution < -0.4 is 0 Å². The molecule has 5 atom stereocenters. The third kappa shape index (κ3) is 8.44. The molecule has 0 radical (unpaired) electrons. The van der Waals surface area contributed by atoms with Gasteiger partial charge in [0.25, 0.3) is 0 Å². The van der Waals surface area contributed by atoms with E-state index in [-0.39, 0.29) is 6.61 Å². The second-order valence-electron chi connectivity index (χ2n) is 9.69. The molecule has 8 heteroatoms. The van der Waals surface area contributed by atoms with Crippen molar-refractivity contribution in [1.82, 2.24) is 0 Å². The average molecular weight is 568 g/mol. The van der Waals surface area contributed by atoms with Crippen molar-refractivity contribution in [1.29, 1.82) is 0 Å². The van der Waals surface area contributed by atoms with Crippen molar-refractivity contribution in [3.63, 3.8) is 0 Å². The lowest BCUT2D eigenvalue weighted by Gasteiger charge is -2.44. The van der Waals surface area contributed by atoms with Crippen LogP contribution in [-0.4, -0.2) is 36.4 Å².